The lowest BCUT2D eigenvalue weighted by Gasteiger charge is -2.25. The van der Waals surface area contributed by atoms with E-state index in [1.165, 1.54) is 0 Å². The largest absolute Gasteiger partial charge is 0.500 e. The molecule has 76 valence electrons. The SMILES string of the molecule is CO[Si](CC(C)C)(OC)OC.Cl. The van der Waals surface area contributed by atoms with Gasteiger partial charge in [-0.15, -0.1) is 12.4 Å². The molecule has 3 nitrogen and oxygen atoms in total. The second kappa shape index (κ2) is 6.86. The molecule has 0 fully saturated rings. The van der Waals surface area contributed by atoms with Crippen LogP contribution < -0.4 is 0 Å². The van der Waals surface area contributed by atoms with Crippen molar-refractivity contribution < 1.29 is 13.3 Å². The molecule has 0 aromatic carbocycles. The van der Waals surface area contributed by atoms with Gasteiger partial charge >= 0.3 is 8.80 Å². The summed E-state index contributed by atoms with van der Waals surface area (Å²) in [6, 6.07) is 0.872. The van der Waals surface area contributed by atoms with Crippen LogP contribution in [0.1, 0.15) is 13.8 Å². The van der Waals surface area contributed by atoms with Gasteiger partial charge in [-0.3, -0.25) is 0 Å². The van der Waals surface area contributed by atoms with E-state index in [-0.39, 0.29) is 12.4 Å². The highest BCUT2D eigenvalue weighted by molar-refractivity contribution is 6.60. The zero-order chi connectivity index (χ0) is 8.91. The van der Waals surface area contributed by atoms with E-state index in [2.05, 4.69) is 13.8 Å². The van der Waals surface area contributed by atoms with Crippen LogP contribution in [-0.4, -0.2) is 30.1 Å². The van der Waals surface area contributed by atoms with Crippen molar-refractivity contribution >= 4 is 21.2 Å². The summed E-state index contributed by atoms with van der Waals surface area (Å²) in [5, 5.41) is 0. The molecular formula is C7H19ClO3Si. The average Bonchev–Trinajstić information content (AvgIpc) is 2.00. The van der Waals surface area contributed by atoms with Crippen LogP contribution in [0.5, 0.6) is 0 Å². The van der Waals surface area contributed by atoms with Crippen LogP contribution in [0.3, 0.4) is 0 Å². The van der Waals surface area contributed by atoms with E-state index in [0.29, 0.717) is 5.92 Å². The van der Waals surface area contributed by atoms with E-state index in [4.69, 9.17) is 13.3 Å². The van der Waals surface area contributed by atoms with Gasteiger partial charge in [0.05, 0.1) is 0 Å². The van der Waals surface area contributed by atoms with Crippen LogP contribution in [-0.2, 0) is 13.3 Å². The number of hydrogen-bond donors (Lipinski definition) is 0. The van der Waals surface area contributed by atoms with Gasteiger partial charge in [-0.2, -0.15) is 0 Å². The average molecular weight is 215 g/mol. The van der Waals surface area contributed by atoms with Crippen LogP contribution in [0.15, 0.2) is 0 Å². The number of hydrogen-bond acceptors (Lipinski definition) is 3. The normalized spacial score (nSPS) is 11.5. The van der Waals surface area contributed by atoms with Gasteiger partial charge in [0.2, 0.25) is 0 Å². The van der Waals surface area contributed by atoms with Gasteiger partial charge in [-0.25, -0.2) is 0 Å². The molecule has 0 N–H and O–H groups in total. The summed E-state index contributed by atoms with van der Waals surface area (Å²) >= 11 is 0. The van der Waals surface area contributed by atoms with E-state index in [1.807, 2.05) is 0 Å². The molecule has 0 amide bonds. The summed E-state index contributed by atoms with van der Waals surface area (Å²) in [5.74, 6) is 0.543. The molecule has 0 unspecified atom stereocenters. The molecule has 0 aliphatic rings. The predicted molar refractivity (Wildman–Crippen MR) is 53.7 cm³/mol. The molecule has 0 aliphatic carbocycles. The molecule has 0 bridgehead atoms. The van der Waals surface area contributed by atoms with E-state index in [9.17, 15) is 0 Å². The first kappa shape index (κ1) is 14.9. The topological polar surface area (TPSA) is 27.7 Å². The van der Waals surface area contributed by atoms with Crippen molar-refractivity contribution in [1.82, 2.24) is 0 Å². The lowest BCUT2D eigenvalue weighted by molar-refractivity contribution is 0.119. The summed E-state index contributed by atoms with van der Waals surface area (Å²) in [6.45, 7) is 4.25. The molecule has 0 saturated carbocycles. The lowest BCUT2D eigenvalue weighted by atomic mass is 10.3. The third-order valence-electron chi connectivity index (χ3n) is 1.59. The zero-order valence-corrected chi connectivity index (χ0v) is 10.2. The monoisotopic (exact) mass is 214 g/mol. The molecule has 0 atom stereocenters. The molecule has 0 radical (unpaired) electrons. The summed E-state index contributed by atoms with van der Waals surface area (Å²) < 4.78 is 15.7. The highest BCUT2D eigenvalue weighted by Gasteiger charge is 2.38. The maximum absolute atomic E-state index is 5.24. The van der Waals surface area contributed by atoms with Gasteiger partial charge in [0.1, 0.15) is 0 Å². The maximum Gasteiger partial charge on any atom is 0.500 e. The third kappa shape index (κ3) is 4.42. The number of halogens is 1. The highest BCUT2D eigenvalue weighted by Crippen LogP contribution is 2.18. The van der Waals surface area contributed by atoms with Crippen LogP contribution in [0.25, 0.3) is 0 Å². The molecule has 0 saturated heterocycles. The second-order valence-electron chi connectivity index (χ2n) is 2.89. The molecule has 0 rings (SSSR count). The van der Waals surface area contributed by atoms with Gasteiger partial charge in [-0.05, 0) is 5.92 Å². The first-order valence-electron chi connectivity index (χ1n) is 3.75. The Hall–Kier alpha value is 0.387. The van der Waals surface area contributed by atoms with Gasteiger partial charge in [-0.1, -0.05) is 13.8 Å². The fourth-order valence-electron chi connectivity index (χ4n) is 1.00. The van der Waals surface area contributed by atoms with Crippen molar-refractivity contribution in [3.8, 4) is 0 Å². The minimum Gasteiger partial charge on any atom is -0.377 e. The third-order valence-corrected chi connectivity index (χ3v) is 4.77. The van der Waals surface area contributed by atoms with Crippen molar-refractivity contribution in [1.29, 1.82) is 0 Å². The van der Waals surface area contributed by atoms with E-state index in [1.54, 1.807) is 21.3 Å². The van der Waals surface area contributed by atoms with Gasteiger partial charge < -0.3 is 13.3 Å². The predicted octanol–water partition coefficient (Wildman–Crippen LogP) is 1.94. The molecule has 0 heterocycles. The Kier molecular flexibility index (Phi) is 8.50. The summed E-state index contributed by atoms with van der Waals surface area (Å²) in [6.07, 6.45) is 0. The van der Waals surface area contributed by atoms with E-state index < -0.39 is 8.80 Å². The Morgan fingerprint density at radius 1 is 1.00 bits per heavy atom. The lowest BCUT2D eigenvalue weighted by Crippen LogP contribution is -2.43. The molecular weight excluding hydrogens is 196 g/mol. The fourth-order valence-corrected chi connectivity index (χ4v) is 3.00. The smallest absolute Gasteiger partial charge is 0.377 e. The molecule has 12 heavy (non-hydrogen) atoms. The summed E-state index contributed by atoms with van der Waals surface area (Å²) in [5.41, 5.74) is 0. The summed E-state index contributed by atoms with van der Waals surface area (Å²) in [4.78, 5) is 0. The minimum atomic E-state index is -2.28. The second-order valence-corrected chi connectivity index (χ2v) is 5.89. The molecule has 0 aromatic rings. The van der Waals surface area contributed by atoms with Gasteiger partial charge in [0.15, 0.2) is 0 Å². The van der Waals surface area contributed by atoms with Crippen LogP contribution in [0.2, 0.25) is 6.04 Å². The van der Waals surface area contributed by atoms with Crippen LogP contribution in [0, 0.1) is 5.92 Å². The van der Waals surface area contributed by atoms with Crippen LogP contribution in [0.4, 0.5) is 0 Å². The Bertz CT molecular complexity index is 98.6. The van der Waals surface area contributed by atoms with Crippen molar-refractivity contribution in [2.45, 2.75) is 19.9 Å². The molecule has 0 spiro atoms. The van der Waals surface area contributed by atoms with Gasteiger partial charge in [0, 0.05) is 27.4 Å². The van der Waals surface area contributed by atoms with Crippen LogP contribution >= 0.6 is 12.4 Å². The minimum absolute atomic E-state index is 0. The molecule has 0 aromatic heterocycles. The van der Waals surface area contributed by atoms with Crippen molar-refractivity contribution in [3.63, 3.8) is 0 Å². The Balaban J connectivity index is 0. The first-order chi connectivity index (χ1) is 5.10. The van der Waals surface area contributed by atoms with E-state index in [0.717, 1.165) is 6.04 Å². The number of rotatable bonds is 5. The zero-order valence-electron chi connectivity index (χ0n) is 8.42. The first-order valence-corrected chi connectivity index (χ1v) is 5.69. The highest BCUT2D eigenvalue weighted by atomic mass is 35.5. The maximum atomic E-state index is 5.24. The summed E-state index contributed by atoms with van der Waals surface area (Å²) in [7, 11) is 2.64. The van der Waals surface area contributed by atoms with Crippen molar-refractivity contribution in [2.24, 2.45) is 5.92 Å². The quantitative estimate of drug-likeness (QED) is 0.655. The molecule has 5 heteroatoms. The molecule has 0 aliphatic heterocycles. The van der Waals surface area contributed by atoms with Crippen molar-refractivity contribution in [2.75, 3.05) is 21.3 Å². The Morgan fingerprint density at radius 2 is 1.33 bits per heavy atom. The van der Waals surface area contributed by atoms with Crippen molar-refractivity contribution in [3.05, 3.63) is 0 Å². The standard InChI is InChI=1S/C7H18O3Si.ClH/c1-7(2)6-11(8-3,9-4)10-5;/h7H,6H2,1-5H3;1H. The van der Waals surface area contributed by atoms with E-state index >= 15 is 0 Å². The fraction of sp³-hybridized carbons (Fsp3) is 1.00. The Labute approximate surface area is 82.2 Å². The Morgan fingerprint density at radius 3 is 1.42 bits per heavy atom. The van der Waals surface area contributed by atoms with Gasteiger partial charge in [0.25, 0.3) is 0 Å².